The summed E-state index contributed by atoms with van der Waals surface area (Å²) < 4.78 is 18.4. The van der Waals surface area contributed by atoms with Gasteiger partial charge in [0.05, 0.1) is 17.8 Å². The van der Waals surface area contributed by atoms with Crippen LogP contribution < -0.4 is 5.32 Å². The lowest BCUT2D eigenvalue weighted by Gasteiger charge is -2.07. The quantitative estimate of drug-likeness (QED) is 0.718. The number of carbonyl (C=O) groups is 2. The molecule has 0 radical (unpaired) electrons. The number of rotatable bonds is 4. The van der Waals surface area contributed by atoms with Crippen molar-refractivity contribution in [3.63, 3.8) is 0 Å². The van der Waals surface area contributed by atoms with E-state index in [1.807, 2.05) is 0 Å². The van der Waals surface area contributed by atoms with Gasteiger partial charge in [0.25, 0.3) is 5.91 Å². The Labute approximate surface area is 137 Å². The molecule has 3 aromatic rings. The van der Waals surface area contributed by atoms with Crippen LogP contribution in [0.5, 0.6) is 0 Å². The molecule has 0 saturated carbocycles. The second kappa shape index (κ2) is 6.54. The van der Waals surface area contributed by atoms with Gasteiger partial charge in [0.1, 0.15) is 11.5 Å². The number of hydrogen-bond acceptors (Lipinski definition) is 3. The molecule has 1 heterocycles. The summed E-state index contributed by atoms with van der Waals surface area (Å²) in [6, 6.07) is 12.6. The summed E-state index contributed by atoms with van der Waals surface area (Å²) in [6.07, 6.45) is 0. The third-order valence-corrected chi connectivity index (χ3v) is 3.51. The van der Waals surface area contributed by atoms with Crippen molar-refractivity contribution in [2.24, 2.45) is 0 Å². The molecule has 24 heavy (non-hydrogen) atoms. The number of aromatic amines is 1. The van der Waals surface area contributed by atoms with Crippen LogP contribution in [0.4, 0.5) is 10.1 Å². The number of fused-ring (bicyclic) bond motifs is 1. The highest BCUT2D eigenvalue weighted by Crippen LogP contribution is 2.29. The van der Waals surface area contributed by atoms with Crippen molar-refractivity contribution in [3.8, 4) is 0 Å². The molecular formula is C18H15FN2O3. The van der Waals surface area contributed by atoms with E-state index in [4.69, 9.17) is 4.74 Å². The van der Waals surface area contributed by atoms with Crippen molar-refractivity contribution < 1.29 is 18.7 Å². The highest BCUT2D eigenvalue weighted by atomic mass is 19.1. The molecule has 0 spiro atoms. The van der Waals surface area contributed by atoms with Crippen molar-refractivity contribution >= 4 is 28.5 Å². The van der Waals surface area contributed by atoms with Crippen LogP contribution in [0.1, 0.15) is 27.8 Å². The Bertz CT molecular complexity index is 903. The van der Waals surface area contributed by atoms with Gasteiger partial charge >= 0.3 is 5.97 Å². The molecule has 0 bridgehead atoms. The fourth-order valence-corrected chi connectivity index (χ4v) is 2.43. The molecular weight excluding hydrogens is 311 g/mol. The Morgan fingerprint density at radius 1 is 1.17 bits per heavy atom. The molecule has 2 aromatic carbocycles. The average Bonchev–Trinajstić information content (AvgIpc) is 2.93. The predicted molar refractivity (Wildman–Crippen MR) is 88.6 cm³/mol. The van der Waals surface area contributed by atoms with E-state index in [2.05, 4.69) is 10.3 Å². The number of hydrogen-bond donors (Lipinski definition) is 2. The molecule has 0 unspecified atom stereocenters. The monoisotopic (exact) mass is 326 g/mol. The number of ether oxygens (including phenoxy) is 1. The van der Waals surface area contributed by atoms with Crippen LogP contribution in [0.2, 0.25) is 0 Å². The maximum Gasteiger partial charge on any atom is 0.356 e. The lowest BCUT2D eigenvalue weighted by Crippen LogP contribution is -2.15. The van der Waals surface area contributed by atoms with Crippen LogP contribution in [0.15, 0.2) is 48.5 Å². The number of anilines is 1. The third-order valence-electron chi connectivity index (χ3n) is 3.51. The van der Waals surface area contributed by atoms with E-state index in [0.717, 1.165) is 0 Å². The number of halogens is 1. The Kier molecular flexibility index (Phi) is 4.29. The number of aromatic nitrogens is 1. The van der Waals surface area contributed by atoms with Crippen molar-refractivity contribution in [2.45, 2.75) is 6.92 Å². The first-order valence-electron chi connectivity index (χ1n) is 7.45. The van der Waals surface area contributed by atoms with E-state index in [-0.39, 0.29) is 23.9 Å². The second-order valence-electron chi connectivity index (χ2n) is 5.11. The zero-order valence-corrected chi connectivity index (χ0v) is 12.9. The van der Waals surface area contributed by atoms with Crippen molar-refractivity contribution in [2.75, 3.05) is 11.9 Å². The molecule has 0 aliphatic heterocycles. The van der Waals surface area contributed by atoms with E-state index in [9.17, 15) is 14.0 Å². The van der Waals surface area contributed by atoms with Crippen LogP contribution in [-0.4, -0.2) is 23.5 Å². The van der Waals surface area contributed by atoms with Crippen molar-refractivity contribution in [1.29, 1.82) is 0 Å². The molecule has 0 fully saturated rings. The highest BCUT2D eigenvalue weighted by Gasteiger charge is 2.21. The van der Waals surface area contributed by atoms with Crippen LogP contribution in [-0.2, 0) is 4.74 Å². The van der Waals surface area contributed by atoms with Gasteiger partial charge in [-0.2, -0.15) is 0 Å². The summed E-state index contributed by atoms with van der Waals surface area (Å²) in [6.45, 7) is 1.87. The molecule has 0 saturated heterocycles. The summed E-state index contributed by atoms with van der Waals surface area (Å²) in [7, 11) is 0. The maximum atomic E-state index is 13.4. The van der Waals surface area contributed by atoms with Crippen LogP contribution in [0.25, 0.3) is 10.9 Å². The topological polar surface area (TPSA) is 71.2 Å². The number of carbonyl (C=O) groups excluding carboxylic acids is 2. The van der Waals surface area contributed by atoms with Gasteiger partial charge in [0.2, 0.25) is 0 Å². The Morgan fingerprint density at radius 2 is 1.92 bits per heavy atom. The SMILES string of the molecule is CCOC(=O)c1[nH]c2cc(F)ccc2c1NC(=O)c1ccccc1. The van der Waals surface area contributed by atoms with Gasteiger partial charge in [-0.25, -0.2) is 9.18 Å². The summed E-state index contributed by atoms with van der Waals surface area (Å²) >= 11 is 0. The van der Waals surface area contributed by atoms with E-state index >= 15 is 0 Å². The van der Waals surface area contributed by atoms with E-state index in [0.29, 0.717) is 16.5 Å². The number of benzene rings is 2. The van der Waals surface area contributed by atoms with Crippen LogP contribution in [0.3, 0.4) is 0 Å². The molecule has 1 amide bonds. The zero-order chi connectivity index (χ0) is 17.1. The maximum absolute atomic E-state index is 13.4. The van der Waals surface area contributed by atoms with Gasteiger partial charge in [0, 0.05) is 10.9 Å². The van der Waals surface area contributed by atoms with E-state index in [1.165, 1.54) is 18.2 Å². The number of nitrogens with one attached hydrogen (secondary N) is 2. The van der Waals surface area contributed by atoms with E-state index in [1.54, 1.807) is 37.3 Å². The Morgan fingerprint density at radius 3 is 2.62 bits per heavy atom. The molecule has 3 rings (SSSR count). The van der Waals surface area contributed by atoms with Crippen LogP contribution in [0, 0.1) is 5.82 Å². The first-order chi connectivity index (χ1) is 11.6. The van der Waals surface area contributed by atoms with Gasteiger partial charge in [-0.1, -0.05) is 18.2 Å². The molecule has 2 N–H and O–H groups in total. The summed E-state index contributed by atoms with van der Waals surface area (Å²) in [5.74, 6) is -1.43. The summed E-state index contributed by atoms with van der Waals surface area (Å²) in [5, 5.41) is 3.25. The molecule has 122 valence electrons. The fourth-order valence-electron chi connectivity index (χ4n) is 2.43. The van der Waals surface area contributed by atoms with Crippen molar-refractivity contribution in [3.05, 3.63) is 65.6 Å². The van der Waals surface area contributed by atoms with Crippen molar-refractivity contribution in [1.82, 2.24) is 4.98 Å². The summed E-state index contributed by atoms with van der Waals surface area (Å²) in [4.78, 5) is 27.4. The van der Waals surface area contributed by atoms with Gasteiger partial charge in [-0.3, -0.25) is 4.79 Å². The molecule has 6 heteroatoms. The number of esters is 1. The van der Waals surface area contributed by atoms with Gasteiger partial charge in [0.15, 0.2) is 0 Å². The molecule has 1 aromatic heterocycles. The van der Waals surface area contributed by atoms with Gasteiger partial charge in [-0.05, 0) is 37.3 Å². The third kappa shape index (κ3) is 2.99. The zero-order valence-electron chi connectivity index (χ0n) is 12.9. The minimum absolute atomic E-state index is 0.0849. The number of H-pyrrole nitrogens is 1. The highest BCUT2D eigenvalue weighted by molar-refractivity contribution is 6.14. The van der Waals surface area contributed by atoms with E-state index < -0.39 is 11.8 Å². The Hall–Kier alpha value is -3.15. The first-order valence-corrected chi connectivity index (χ1v) is 7.45. The fraction of sp³-hybridized carbons (Fsp3) is 0.111. The second-order valence-corrected chi connectivity index (χ2v) is 5.11. The number of amides is 1. The molecule has 0 aliphatic carbocycles. The normalized spacial score (nSPS) is 10.6. The predicted octanol–water partition coefficient (Wildman–Crippen LogP) is 3.74. The van der Waals surface area contributed by atoms with Gasteiger partial charge < -0.3 is 15.0 Å². The molecule has 0 aliphatic rings. The first kappa shape index (κ1) is 15.7. The standard InChI is InChI=1S/C18H15FN2O3/c1-2-24-18(23)16-15(13-9-8-12(19)10-14(13)20-16)21-17(22)11-6-4-3-5-7-11/h3-10,20H,2H2,1H3,(H,21,22). The molecule has 0 atom stereocenters. The lowest BCUT2D eigenvalue weighted by atomic mass is 10.2. The largest absolute Gasteiger partial charge is 0.461 e. The summed E-state index contributed by atoms with van der Waals surface area (Å²) in [5.41, 5.74) is 1.21. The average molecular weight is 326 g/mol. The minimum atomic E-state index is -0.613. The minimum Gasteiger partial charge on any atom is -0.461 e. The Balaban J connectivity index is 2.05. The smallest absolute Gasteiger partial charge is 0.356 e. The van der Waals surface area contributed by atoms with Gasteiger partial charge in [-0.15, -0.1) is 0 Å². The molecule has 5 nitrogen and oxygen atoms in total. The lowest BCUT2D eigenvalue weighted by molar-refractivity contribution is 0.0522. The van der Waals surface area contributed by atoms with Crippen LogP contribution >= 0.6 is 0 Å².